The second-order valence-corrected chi connectivity index (χ2v) is 8.06. The molecule has 0 radical (unpaired) electrons. The number of carbonyl (C=O) groups excluding carboxylic acids is 2. The standard InChI is InChI=1S/C24H22IN3O4/c1-16-3-12-21(22(13-16)31-2)24(30)28-26-14-17-4-10-20(11-5-17)32-15-23(29)27-19-8-6-18(25)7-9-19/h3-14H,15H2,1-2H3,(H,27,29)(H,28,30)/b26-14-. The number of halogens is 1. The molecular weight excluding hydrogens is 521 g/mol. The van der Waals surface area contributed by atoms with Crippen molar-refractivity contribution < 1.29 is 19.1 Å². The molecule has 0 aliphatic rings. The van der Waals surface area contributed by atoms with Crippen LogP contribution in [-0.2, 0) is 4.79 Å². The minimum Gasteiger partial charge on any atom is -0.496 e. The van der Waals surface area contributed by atoms with Crippen molar-refractivity contribution in [2.75, 3.05) is 19.0 Å². The van der Waals surface area contributed by atoms with Crippen molar-refractivity contribution in [3.63, 3.8) is 0 Å². The van der Waals surface area contributed by atoms with Crippen molar-refractivity contribution in [2.45, 2.75) is 6.92 Å². The van der Waals surface area contributed by atoms with Crippen LogP contribution in [0.2, 0.25) is 0 Å². The predicted octanol–water partition coefficient (Wildman–Crippen LogP) is 4.39. The summed E-state index contributed by atoms with van der Waals surface area (Å²) in [7, 11) is 1.52. The molecule has 0 atom stereocenters. The summed E-state index contributed by atoms with van der Waals surface area (Å²) in [6.07, 6.45) is 1.52. The topological polar surface area (TPSA) is 89.0 Å². The monoisotopic (exact) mass is 543 g/mol. The van der Waals surface area contributed by atoms with E-state index in [2.05, 4.69) is 38.4 Å². The first-order valence-electron chi connectivity index (χ1n) is 9.71. The average Bonchev–Trinajstić information content (AvgIpc) is 2.80. The van der Waals surface area contributed by atoms with E-state index in [-0.39, 0.29) is 18.4 Å². The number of methoxy groups -OCH3 is 1. The van der Waals surface area contributed by atoms with Crippen LogP contribution in [-0.4, -0.2) is 31.7 Å². The highest BCUT2D eigenvalue weighted by molar-refractivity contribution is 14.1. The number of hydrogen-bond acceptors (Lipinski definition) is 5. The fraction of sp³-hybridized carbons (Fsp3) is 0.125. The van der Waals surface area contributed by atoms with E-state index < -0.39 is 0 Å². The largest absolute Gasteiger partial charge is 0.496 e. The number of rotatable bonds is 8. The summed E-state index contributed by atoms with van der Waals surface area (Å²) < 4.78 is 11.9. The fourth-order valence-electron chi connectivity index (χ4n) is 2.74. The van der Waals surface area contributed by atoms with Crippen LogP contribution in [0.3, 0.4) is 0 Å². The summed E-state index contributed by atoms with van der Waals surface area (Å²) in [6, 6.07) is 19.8. The van der Waals surface area contributed by atoms with Gasteiger partial charge in [-0.15, -0.1) is 0 Å². The summed E-state index contributed by atoms with van der Waals surface area (Å²) in [4.78, 5) is 24.3. The van der Waals surface area contributed by atoms with Crippen LogP contribution in [0.5, 0.6) is 11.5 Å². The van der Waals surface area contributed by atoms with Crippen LogP contribution in [0, 0.1) is 10.5 Å². The van der Waals surface area contributed by atoms with Gasteiger partial charge in [-0.25, -0.2) is 5.43 Å². The maximum absolute atomic E-state index is 12.3. The summed E-state index contributed by atoms with van der Waals surface area (Å²) in [5, 5.41) is 6.76. The Morgan fingerprint density at radius 2 is 1.75 bits per heavy atom. The van der Waals surface area contributed by atoms with E-state index in [1.165, 1.54) is 13.3 Å². The first kappa shape index (κ1) is 23.3. The molecule has 3 rings (SSSR count). The third kappa shape index (κ3) is 6.81. The number of aryl methyl sites for hydroxylation is 1. The third-order valence-electron chi connectivity index (χ3n) is 4.36. The molecule has 0 aliphatic carbocycles. The maximum Gasteiger partial charge on any atom is 0.275 e. The third-order valence-corrected chi connectivity index (χ3v) is 5.08. The SMILES string of the molecule is COc1cc(C)ccc1C(=O)N/N=C\c1ccc(OCC(=O)Nc2ccc(I)cc2)cc1. The van der Waals surface area contributed by atoms with E-state index in [1.807, 2.05) is 37.3 Å². The Kier molecular flexibility index (Phi) is 8.20. The zero-order chi connectivity index (χ0) is 22.9. The van der Waals surface area contributed by atoms with Crippen LogP contribution in [0.1, 0.15) is 21.5 Å². The number of ether oxygens (including phenoxy) is 2. The van der Waals surface area contributed by atoms with Crippen LogP contribution in [0.25, 0.3) is 0 Å². The average molecular weight is 543 g/mol. The van der Waals surface area contributed by atoms with Crippen molar-refractivity contribution in [2.24, 2.45) is 5.10 Å². The highest BCUT2D eigenvalue weighted by atomic mass is 127. The molecule has 0 unspecified atom stereocenters. The Hall–Kier alpha value is -3.40. The number of nitrogens with zero attached hydrogens (tertiary/aromatic N) is 1. The minimum absolute atomic E-state index is 0.103. The highest BCUT2D eigenvalue weighted by Gasteiger charge is 2.11. The normalized spacial score (nSPS) is 10.6. The molecule has 0 saturated heterocycles. The van der Waals surface area contributed by atoms with Crippen LogP contribution in [0.4, 0.5) is 5.69 Å². The molecular formula is C24H22IN3O4. The molecule has 0 heterocycles. The van der Waals surface area contributed by atoms with Crippen molar-refractivity contribution in [1.82, 2.24) is 5.43 Å². The van der Waals surface area contributed by atoms with Crippen LogP contribution in [0.15, 0.2) is 71.8 Å². The van der Waals surface area contributed by atoms with Gasteiger partial charge in [-0.3, -0.25) is 9.59 Å². The van der Waals surface area contributed by atoms with Gasteiger partial charge in [0.2, 0.25) is 0 Å². The van der Waals surface area contributed by atoms with Gasteiger partial charge in [0.05, 0.1) is 18.9 Å². The van der Waals surface area contributed by atoms with Crippen molar-refractivity contribution in [1.29, 1.82) is 0 Å². The smallest absolute Gasteiger partial charge is 0.275 e. The number of nitrogens with one attached hydrogen (secondary N) is 2. The van der Waals surface area contributed by atoms with E-state index in [0.717, 1.165) is 20.4 Å². The lowest BCUT2D eigenvalue weighted by Gasteiger charge is -2.08. The number of hydrazone groups is 1. The Labute approximate surface area is 200 Å². The molecule has 0 fully saturated rings. The molecule has 0 spiro atoms. The number of amides is 2. The Bertz CT molecular complexity index is 1110. The first-order valence-corrected chi connectivity index (χ1v) is 10.8. The van der Waals surface area contributed by atoms with Gasteiger partial charge in [-0.05, 0) is 101 Å². The second kappa shape index (κ2) is 11.3. The molecule has 8 heteroatoms. The van der Waals surface area contributed by atoms with Crippen molar-refractivity contribution >= 4 is 46.3 Å². The van der Waals surface area contributed by atoms with E-state index in [9.17, 15) is 9.59 Å². The molecule has 2 amide bonds. The van der Waals surface area contributed by atoms with Gasteiger partial charge in [0.25, 0.3) is 11.8 Å². The zero-order valence-corrected chi connectivity index (χ0v) is 19.8. The van der Waals surface area contributed by atoms with Gasteiger partial charge in [-0.1, -0.05) is 6.07 Å². The molecule has 3 aromatic carbocycles. The molecule has 7 nitrogen and oxygen atoms in total. The Morgan fingerprint density at radius 1 is 1.03 bits per heavy atom. The lowest BCUT2D eigenvalue weighted by atomic mass is 10.1. The van der Waals surface area contributed by atoms with Gasteiger partial charge in [0.1, 0.15) is 11.5 Å². The quantitative estimate of drug-likeness (QED) is 0.251. The number of benzene rings is 3. The fourth-order valence-corrected chi connectivity index (χ4v) is 3.10. The van der Waals surface area contributed by atoms with Crippen molar-refractivity contribution in [3.8, 4) is 11.5 Å². The molecule has 164 valence electrons. The summed E-state index contributed by atoms with van der Waals surface area (Å²) in [6.45, 7) is 1.82. The van der Waals surface area contributed by atoms with Crippen LogP contribution < -0.4 is 20.2 Å². The molecule has 0 aliphatic heterocycles. The number of anilines is 1. The molecule has 0 saturated carbocycles. The van der Waals surface area contributed by atoms with Gasteiger partial charge in [0, 0.05) is 9.26 Å². The Morgan fingerprint density at radius 3 is 2.44 bits per heavy atom. The van der Waals surface area contributed by atoms with E-state index in [1.54, 1.807) is 36.4 Å². The first-order chi connectivity index (χ1) is 15.4. The summed E-state index contributed by atoms with van der Waals surface area (Å²) in [5.41, 5.74) is 5.37. The highest BCUT2D eigenvalue weighted by Crippen LogP contribution is 2.19. The predicted molar refractivity (Wildman–Crippen MR) is 133 cm³/mol. The number of hydrogen-bond donors (Lipinski definition) is 2. The van der Waals surface area contributed by atoms with Gasteiger partial charge < -0.3 is 14.8 Å². The second-order valence-electron chi connectivity index (χ2n) is 6.82. The minimum atomic E-state index is -0.364. The Balaban J connectivity index is 1.49. The van der Waals surface area contributed by atoms with Crippen LogP contribution >= 0.6 is 22.6 Å². The zero-order valence-electron chi connectivity index (χ0n) is 17.6. The lowest BCUT2D eigenvalue weighted by Crippen LogP contribution is -2.20. The number of carbonyl (C=O) groups is 2. The van der Waals surface area contributed by atoms with Gasteiger partial charge >= 0.3 is 0 Å². The van der Waals surface area contributed by atoms with E-state index in [4.69, 9.17) is 9.47 Å². The summed E-state index contributed by atoms with van der Waals surface area (Å²) in [5.74, 6) is 0.432. The van der Waals surface area contributed by atoms with Crippen molar-refractivity contribution in [3.05, 3.63) is 87.0 Å². The molecule has 2 N–H and O–H groups in total. The molecule has 3 aromatic rings. The lowest BCUT2D eigenvalue weighted by molar-refractivity contribution is -0.118. The molecule has 32 heavy (non-hydrogen) atoms. The maximum atomic E-state index is 12.3. The van der Waals surface area contributed by atoms with E-state index >= 15 is 0 Å². The molecule has 0 bridgehead atoms. The van der Waals surface area contributed by atoms with E-state index in [0.29, 0.717) is 17.1 Å². The van der Waals surface area contributed by atoms with Gasteiger partial charge in [0.15, 0.2) is 6.61 Å². The summed E-state index contributed by atoms with van der Waals surface area (Å²) >= 11 is 2.20. The van der Waals surface area contributed by atoms with Gasteiger partial charge in [-0.2, -0.15) is 5.10 Å². The molecule has 0 aromatic heterocycles.